The van der Waals surface area contributed by atoms with Crippen molar-refractivity contribution in [2.45, 2.75) is 44.8 Å². The Morgan fingerprint density at radius 1 is 1.44 bits per heavy atom. The van der Waals surface area contributed by atoms with Gasteiger partial charge in [0.25, 0.3) is 0 Å². The number of ether oxygens (including phenoxy) is 1. The first-order chi connectivity index (χ1) is 4.34. The summed E-state index contributed by atoms with van der Waals surface area (Å²) in [6, 6.07) is 0. The maximum atomic E-state index is 5.15. The van der Waals surface area contributed by atoms with Gasteiger partial charge in [-0.2, -0.15) is 0 Å². The molecule has 0 saturated carbocycles. The van der Waals surface area contributed by atoms with E-state index in [1.165, 1.54) is 25.7 Å². The van der Waals surface area contributed by atoms with Gasteiger partial charge in [-0.3, -0.25) is 0 Å². The van der Waals surface area contributed by atoms with E-state index in [-0.39, 0.29) is 0 Å². The standard InChI is InChI=1S/C8H15O/c1-3-4-5-6-8-7(2)9-8/h7-8H,2-6H2,1H3. The summed E-state index contributed by atoms with van der Waals surface area (Å²) in [5, 5.41) is 0. The van der Waals surface area contributed by atoms with Crippen LogP contribution in [0.5, 0.6) is 0 Å². The Hall–Kier alpha value is -0.0400. The van der Waals surface area contributed by atoms with E-state index in [1.54, 1.807) is 0 Å². The third kappa shape index (κ3) is 2.35. The van der Waals surface area contributed by atoms with E-state index in [9.17, 15) is 0 Å². The molecule has 1 nitrogen and oxygen atoms in total. The van der Waals surface area contributed by atoms with Crippen LogP contribution in [0.15, 0.2) is 0 Å². The lowest BCUT2D eigenvalue weighted by Crippen LogP contribution is -1.88. The molecular formula is C8H15O. The molecule has 0 aliphatic carbocycles. The predicted molar refractivity (Wildman–Crippen MR) is 38.2 cm³/mol. The van der Waals surface area contributed by atoms with E-state index in [4.69, 9.17) is 4.74 Å². The molecule has 0 aromatic carbocycles. The molecule has 2 unspecified atom stereocenters. The number of unbranched alkanes of at least 4 members (excludes halogenated alkanes) is 2. The van der Waals surface area contributed by atoms with Gasteiger partial charge in [0, 0.05) is 0 Å². The van der Waals surface area contributed by atoms with Gasteiger partial charge in [-0.1, -0.05) is 26.2 Å². The molecule has 0 bridgehead atoms. The average molecular weight is 127 g/mol. The number of hydrogen-bond donors (Lipinski definition) is 0. The van der Waals surface area contributed by atoms with Crippen molar-refractivity contribution >= 4 is 0 Å². The molecule has 1 aliphatic heterocycles. The third-order valence-electron chi connectivity index (χ3n) is 1.78. The van der Waals surface area contributed by atoms with Crippen LogP contribution in [0.4, 0.5) is 0 Å². The monoisotopic (exact) mass is 127 g/mol. The Morgan fingerprint density at radius 2 is 2.11 bits per heavy atom. The largest absolute Gasteiger partial charge is 0.370 e. The van der Waals surface area contributed by atoms with Crippen molar-refractivity contribution in [1.82, 2.24) is 0 Å². The Balaban J connectivity index is 1.83. The normalized spacial score (nSPS) is 32.7. The fraction of sp³-hybridized carbons (Fsp3) is 0.875. The summed E-state index contributed by atoms with van der Waals surface area (Å²) in [5.74, 6) is 0. The van der Waals surface area contributed by atoms with Crippen LogP contribution in [0.1, 0.15) is 32.6 Å². The highest BCUT2D eigenvalue weighted by Crippen LogP contribution is 2.25. The highest BCUT2D eigenvalue weighted by molar-refractivity contribution is 4.85. The minimum atomic E-state index is 0.321. The van der Waals surface area contributed by atoms with Gasteiger partial charge in [0.1, 0.15) is 0 Å². The summed E-state index contributed by atoms with van der Waals surface area (Å²) < 4.78 is 5.15. The van der Waals surface area contributed by atoms with Crippen LogP contribution < -0.4 is 0 Å². The van der Waals surface area contributed by atoms with Crippen LogP contribution in [0.3, 0.4) is 0 Å². The van der Waals surface area contributed by atoms with E-state index in [0.29, 0.717) is 12.2 Å². The van der Waals surface area contributed by atoms with E-state index >= 15 is 0 Å². The van der Waals surface area contributed by atoms with Gasteiger partial charge in [-0.15, -0.1) is 0 Å². The quantitative estimate of drug-likeness (QED) is 0.416. The van der Waals surface area contributed by atoms with Crippen LogP contribution in [0.2, 0.25) is 0 Å². The Labute approximate surface area is 57.4 Å². The fourth-order valence-electron chi connectivity index (χ4n) is 1.03. The summed E-state index contributed by atoms with van der Waals surface area (Å²) in [6.45, 7) is 6.01. The molecule has 53 valence electrons. The zero-order valence-electron chi connectivity index (χ0n) is 6.10. The minimum absolute atomic E-state index is 0.321. The van der Waals surface area contributed by atoms with Crippen molar-refractivity contribution in [2.75, 3.05) is 0 Å². The van der Waals surface area contributed by atoms with Crippen LogP contribution in [0, 0.1) is 6.92 Å². The van der Waals surface area contributed by atoms with Crippen LogP contribution >= 0.6 is 0 Å². The third-order valence-corrected chi connectivity index (χ3v) is 1.78. The van der Waals surface area contributed by atoms with Crippen LogP contribution in [0.25, 0.3) is 0 Å². The Kier molecular flexibility index (Phi) is 2.52. The van der Waals surface area contributed by atoms with Crippen LogP contribution in [-0.2, 0) is 4.74 Å². The first-order valence-corrected chi connectivity index (χ1v) is 3.83. The Morgan fingerprint density at radius 3 is 2.56 bits per heavy atom. The fourth-order valence-corrected chi connectivity index (χ4v) is 1.03. The van der Waals surface area contributed by atoms with E-state index in [2.05, 4.69) is 13.8 Å². The molecule has 1 fully saturated rings. The molecule has 1 radical (unpaired) electrons. The molecule has 1 heteroatoms. The van der Waals surface area contributed by atoms with Crippen molar-refractivity contribution in [3.05, 3.63) is 6.92 Å². The Bertz CT molecular complexity index is 80.6. The number of rotatable bonds is 4. The summed E-state index contributed by atoms with van der Waals surface area (Å²) in [4.78, 5) is 0. The molecular weight excluding hydrogens is 112 g/mol. The molecule has 0 aromatic heterocycles. The lowest BCUT2D eigenvalue weighted by molar-refractivity contribution is 0.373. The van der Waals surface area contributed by atoms with Gasteiger partial charge in [0.05, 0.1) is 12.2 Å². The first-order valence-electron chi connectivity index (χ1n) is 3.83. The van der Waals surface area contributed by atoms with Crippen molar-refractivity contribution in [1.29, 1.82) is 0 Å². The highest BCUT2D eigenvalue weighted by Gasteiger charge is 2.32. The molecule has 1 saturated heterocycles. The number of hydrogen-bond acceptors (Lipinski definition) is 1. The molecule has 0 aromatic rings. The zero-order valence-corrected chi connectivity index (χ0v) is 6.10. The van der Waals surface area contributed by atoms with Crippen molar-refractivity contribution in [2.24, 2.45) is 0 Å². The first kappa shape index (κ1) is 7.07. The maximum absolute atomic E-state index is 5.15. The van der Waals surface area contributed by atoms with Gasteiger partial charge in [-0.25, -0.2) is 0 Å². The van der Waals surface area contributed by atoms with Gasteiger partial charge in [0.2, 0.25) is 0 Å². The van der Waals surface area contributed by atoms with E-state index in [1.807, 2.05) is 0 Å². The second-order valence-corrected chi connectivity index (χ2v) is 2.71. The summed E-state index contributed by atoms with van der Waals surface area (Å²) in [5.41, 5.74) is 0. The van der Waals surface area contributed by atoms with Crippen molar-refractivity contribution < 1.29 is 4.74 Å². The summed E-state index contributed by atoms with van der Waals surface area (Å²) >= 11 is 0. The van der Waals surface area contributed by atoms with Crippen molar-refractivity contribution in [3.63, 3.8) is 0 Å². The zero-order chi connectivity index (χ0) is 6.69. The summed E-state index contributed by atoms with van der Waals surface area (Å²) in [7, 11) is 0. The molecule has 9 heavy (non-hydrogen) atoms. The molecule has 1 rings (SSSR count). The van der Waals surface area contributed by atoms with Gasteiger partial charge < -0.3 is 4.74 Å². The maximum Gasteiger partial charge on any atom is 0.0842 e. The molecule has 2 atom stereocenters. The molecule has 1 aliphatic rings. The highest BCUT2D eigenvalue weighted by atomic mass is 16.6. The van der Waals surface area contributed by atoms with E-state index in [0.717, 1.165) is 0 Å². The molecule has 1 heterocycles. The van der Waals surface area contributed by atoms with Gasteiger partial charge in [0.15, 0.2) is 0 Å². The number of epoxide rings is 1. The second kappa shape index (κ2) is 3.21. The smallest absolute Gasteiger partial charge is 0.0842 e. The average Bonchev–Trinajstić information content (AvgIpc) is 2.48. The summed E-state index contributed by atoms with van der Waals surface area (Å²) in [6.07, 6.45) is 6.01. The second-order valence-electron chi connectivity index (χ2n) is 2.71. The lowest BCUT2D eigenvalue weighted by atomic mass is 10.1. The van der Waals surface area contributed by atoms with Gasteiger partial charge >= 0.3 is 0 Å². The van der Waals surface area contributed by atoms with Crippen LogP contribution in [-0.4, -0.2) is 12.2 Å². The SMILES string of the molecule is [CH2]C1OC1CCCCC. The predicted octanol–water partition coefficient (Wildman–Crippen LogP) is 2.17. The van der Waals surface area contributed by atoms with Crippen molar-refractivity contribution in [3.8, 4) is 0 Å². The minimum Gasteiger partial charge on any atom is -0.370 e. The topological polar surface area (TPSA) is 12.5 Å². The lowest BCUT2D eigenvalue weighted by Gasteiger charge is -1.91. The molecule has 0 amide bonds. The molecule has 0 spiro atoms. The van der Waals surface area contributed by atoms with E-state index < -0.39 is 0 Å². The molecule has 0 N–H and O–H groups in total. The van der Waals surface area contributed by atoms with Gasteiger partial charge in [-0.05, 0) is 13.3 Å².